The van der Waals surface area contributed by atoms with Gasteiger partial charge in [-0.25, -0.2) is 0 Å². The third-order valence-corrected chi connectivity index (χ3v) is 4.82. The third kappa shape index (κ3) is 2.99. The molecule has 1 aliphatic heterocycles. The zero-order chi connectivity index (χ0) is 14.6. The van der Waals surface area contributed by atoms with E-state index in [0.717, 1.165) is 38.0 Å². The first-order valence-corrected chi connectivity index (χ1v) is 7.56. The van der Waals surface area contributed by atoms with E-state index in [-0.39, 0.29) is 11.0 Å². The van der Waals surface area contributed by atoms with E-state index in [2.05, 4.69) is 26.0 Å². The standard InChI is InChI=1S/C17H27NO2/c1-4-16(2)13-17(9-11-18,10-12-20-16)14-5-7-15(19-3)8-6-14/h5-8H,4,9-13,18H2,1-3H3/t16-,17+/m0/s1. The number of hydrogen-bond donors (Lipinski definition) is 1. The summed E-state index contributed by atoms with van der Waals surface area (Å²) in [4.78, 5) is 0. The Morgan fingerprint density at radius 2 is 2.00 bits per heavy atom. The molecular formula is C17H27NO2. The molecule has 1 aromatic rings. The molecule has 3 nitrogen and oxygen atoms in total. The molecule has 2 N–H and O–H groups in total. The molecule has 1 aliphatic rings. The molecule has 0 unspecified atom stereocenters. The summed E-state index contributed by atoms with van der Waals surface area (Å²) in [5.74, 6) is 0.905. The first-order chi connectivity index (χ1) is 9.57. The quantitative estimate of drug-likeness (QED) is 0.898. The van der Waals surface area contributed by atoms with Gasteiger partial charge in [-0.05, 0) is 56.8 Å². The summed E-state index contributed by atoms with van der Waals surface area (Å²) in [5.41, 5.74) is 7.38. The van der Waals surface area contributed by atoms with Crippen LogP contribution in [0, 0.1) is 0 Å². The maximum absolute atomic E-state index is 6.02. The predicted molar refractivity (Wildman–Crippen MR) is 82.2 cm³/mol. The van der Waals surface area contributed by atoms with Gasteiger partial charge in [0, 0.05) is 12.0 Å². The predicted octanol–water partition coefficient (Wildman–Crippen LogP) is 3.26. The van der Waals surface area contributed by atoms with E-state index in [1.807, 2.05) is 12.1 Å². The normalized spacial score (nSPS) is 30.2. The number of nitrogens with two attached hydrogens (primary N) is 1. The molecule has 1 fully saturated rings. The van der Waals surface area contributed by atoms with Crippen LogP contribution in [-0.4, -0.2) is 25.9 Å². The monoisotopic (exact) mass is 277 g/mol. The highest BCUT2D eigenvalue weighted by atomic mass is 16.5. The Bertz CT molecular complexity index is 427. The molecule has 2 rings (SSSR count). The van der Waals surface area contributed by atoms with E-state index in [4.69, 9.17) is 15.2 Å². The van der Waals surface area contributed by atoms with Gasteiger partial charge in [0.05, 0.1) is 12.7 Å². The molecular weight excluding hydrogens is 250 g/mol. The van der Waals surface area contributed by atoms with Gasteiger partial charge in [0.1, 0.15) is 5.75 Å². The van der Waals surface area contributed by atoms with Gasteiger partial charge in [-0.1, -0.05) is 19.1 Å². The first kappa shape index (κ1) is 15.3. The molecule has 1 aromatic carbocycles. The maximum Gasteiger partial charge on any atom is 0.118 e. The Labute approximate surface area is 122 Å². The Balaban J connectivity index is 2.32. The van der Waals surface area contributed by atoms with Gasteiger partial charge in [-0.2, -0.15) is 0 Å². The molecule has 112 valence electrons. The minimum absolute atomic E-state index is 0.0344. The van der Waals surface area contributed by atoms with Gasteiger partial charge in [-0.3, -0.25) is 0 Å². The van der Waals surface area contributed by atoms with Crippen molar-refractivity contribution in [3.63, 3.8) is 0 Å². The number of ether oxygens (including phenoxy) is 2. The van der Waals surface area contributed by atoms with Crippen molar-refractivity contribution in [2.75, 3.05) is 20.3 Å². The zero-order valence-electron chi connectivity index (χ0n) is 12.9. The zero-order valence-corrected chi connectivity index (χ0v) is 12.9. The first-order valence-electron chi connectivity index (χ1n) is 7.56. The van der Waals surface area contributed by atoms with E-state index < -0.39 is 0 Å². The Kier molecular flexibility index (Phi) is 4.71. The highest BCUT2D eigenvalue weighted by Gasteiger charge is 2.42. The van der Waals surface area contributed by atoms with Gasteiger partial charge in [0.15, 0.2) is 0 Å². The summed E-state index contributed by atoms with van der Waals surface area (Å²) in [7, 11) is 1.70. The third-order valence-electron chi connectivity index (χ3n) is 4.82. The lowest BCUT2D eigenvalue weighted by Crippen LogP contribution is -2.46. The van der Waals surface area contributed by atoms with Crippen LogP contribution < -0.4 is 10.5 Å². The molecule has 0 amide bonds. The number of rotatable bonds is 5. The average molecular weight is 277 g/mol. The number of methoxy groups -OCH3 is 1. The van der Waals surface area contributed by atoms with Crippen molar-refractivity contribution in [2.45, 2.75) is 50.5 Å². The fourth-order valence-corrected chi connectivity index (χ4v) is 3.40. The molecule has 0 saturated carbocycles. The molecule has 1 heterocycles. The molecule has 0 aromatic heterocycles. The summed E-state index contributed by atoms with van der Waals surface area (Å²) in [6.45, 7) is 5.95. The van der Waals surface area contributed by atoms with Crippen LogP contribution in [0.3, 0.4) is 0 Å². The van der Waals surface area contributed by atoms with Crippen LogP contribution in [-0.2, 0) is 10.2 Å². The van der Waals surface area contributed by atoms with Crippen molar-refractivity contribution in [2.24, 2.45) is 5.73 Å². The smallest absolute Gasteiger partial charge is 0.118 e. The average Bonchev–Trinajstić information content (AvgIpc) is 2.48. The topological polar surface area (TPSA) is 44.5 Å². The van der Waals surface area contributed by atoms with Crippen LogP contribution in [0.4, 0.5) is 0 Å². The second-order valence-corrected chi connectivity index (χ2v) is 6.13. The lowest BCUT2D eigenvalue weighted by molar-refractivity contribution is -0.0976. The summed E-state index contributed by atoms with van der Waals surface area (Å²) in [5, 5.41) is 0. The molecule has 0 aliphatic carbocycles. The fourth-order valence-electron chi connectivity index (χ4n) is 3.40. The number of benzene rings is 1. The Morgan fingerprint density at radius 1 is 1.30 bits per heavy atom. The minimum Gasteiger partial charge on any atom is -0.497 e. The highest BCUT2D eigenvalue weighted by molar-refractivity contribution is 5.33. The van der Waals surface area contributed by atoms with E-state index >= 15 is 0 Å². The molecule has 3 heteroatoms. The van der Waals surface area contributed by atoms with Crippen LogP contribution in [0.5, 0.6) is 5.75 Å². The molecule has 0 bridgehead atoms. The molecule has 20 heavy (non-hydrogen) atoms. The number of hydrogen-bond acceptors (Lipinski definition) is 3. The lowest BCUT2D eigenvalue weighted by atomic mass is 9.66. The van der Waals surface area contributed by atoms with Crippen LogP contribution >= 0.6 is 0 Å². The van der Waals surface area contributed by atoms with Crippen LogP contribution in [0.15, 0.2) is 24.3 Å². The van der Waals surface area contributed by atoms with Crippen molar-refractivity contribution in [3.8, 4) is 5.75 Å². The van der Waals surface area contributed by atoms with Gasteiger partial charge in [-0.15, -0.1) is 0 Å². The minimum atomic E-state index is -0.0344. The molecule has 2 atom stereocenters. The lowest BCUT2D eigenvalue weighted by Gasteiger charge is -2.46. The van der Waals surface area contributed by atoms with Gasteiger partial charge in [0.2, 0.25) is 0 Å². The summed E-state index contributed by atoms with van der Waals surface area (Å²) < 4.78 is 11.3. The molecule has 0 radical (unpaired) electrons. The van der Waals surface area contributed by atoms with Crippen molar-refractivity contribution in [3.05, 3.63) is 29.8 Å². The molecule has 0 spiro atoms. The SMILES string of the molecule is CC[C@@]1(C)C[C@](CCN)(c2ccc(OC)cc2)CCO1. The van der Waals surface area contributed by atoms with E-state index in [1.165, 1.54) is 5.56 Å². The van der Waals surface area contributed by atoms with Crippen molar-refractivity contribution >= 4 is 0 Å². The van der Waals surface area contributed by atoms with Crippen LogP contribution in [0.25, 0.3) is 0 Å². The van der Waals surface area contributed by atoms with E-state index in [9.17, 15) is 0 Å². The van der Waals surface area contributed by atoms with Crippen molar-refractivity contribution in [1.29, 1.82) is 0 Å². The van der Waals surface area contributed by atoms with Crippen molar-refractivity contribution < 1.29 is 9.47 Å². The fraction of sp³-hybridized carbons (Fsp3) is 0.647. The Morgan fingerprint density at radius 3 is 2.55 bits per heavy atom. The van der Waals surface area contributed by atoms with Gasteiger partial charge < -0.3 is 15.2 Å². The van der Waals surface area contributed by atoms with E-state index in [1.54, 1.807) is 7.11 Å². The van der Waals surface area contributed by atoms with Crippen LogP contribution in [0.1, 0.15) is 45.1 Å². The largest absolute Gasteiger partial charge is 0.497 e. The summed E-state index contributed by atoms with van der Waals surface area (Å²) in [6, 6.07) is 8.48. The Hall–Kier alpha value is -1.06. The second kappa shape index (κ2) is 6.15. The molecule has 1 saturated heterocycles. The van der Waals surface area contributed by atoms with E-state index in [0.29, 0.717) is 6.54 Å². The van der Waals surface area contributed by atoms with Crippen LogP contribution in [0.2, 0.25) is 0 Å². The summed E-state index contributed by atoms with van der Waals surface area (Å²) >= 11 is 0. The highest BCUT2D eigenvalue weighted by Crippen LogP contribution is 2.45. The van der Waals surface area contributed by atoms with Gasteiger partial charge in [0.25, 0.3) is 0 Å². The van der Waals surface area contributed by atoms with Crippen molar-refractivity contribution in [1.82, 2.24) is 0 Å². The summed E-state index contributed by atoms with van der Waals surface area (Å²) in [6.07, 6.45) is 4.14. The maximum atomic E-state index is 6.02. The van der Waals surface area contributed by atoms with Gasteiger partial charge >= 0.3 is 0 Å². The second-order valence-electron chi connectivity index (χ2n) is 6.13.